The largest absolute Gasteiger partial charge is 0.289 e. The molecule has 0 aliphatic rings. The van der Waals surface area contributed by atoms with Gasteiger partial charge in [-0.15, -0.1) is 0 Å². The van der Waals surface area contributed by atoms with Crippen LogP contribution in [0, 0.1) is 5.92 Å². The summed E-state index contributed by atoms with van der Waals surface area (Å²) in [6.07, 6.45) is 0. The van der Waals surface area contributed by atoms with Gasteiger partial charge in [0, 0.05) is 6.04 Å². The molecule has 0 aromatic carbocycles. The maximum absolute atomic E-state index is 9.93. The summed E-state index contributed by atoms with van der Waals surface area (Å²) in [5, 5.41) is 12.7. The number of rotatable bonds is 3. The van der Waals surface area contributed by atoms with Crippen molar-refractivity contribution in [2.24, 2.45) is 5.92 Å². The van der Waals surface area contributed by atoms with Gasteiger partial charge in [-0.3, -0.25) is 5.32 Å². The van der Waals surface area contributed by atoms with E-state index >= 15 is 0 Å². The highest BCUT2D eigenvalue weighted by molar-refractivity contribution is 4.60. The normalized spacial score (nSPS) is 14.6. The van der Waals surface area contributed by atoms with Gasteiger partial charge in [0.1, 0.15) is 6.73 Å². The van der Waals surface area contributed by atoms with Gasteiger partial charge in [0.15, 0.2) is 0 Å². The van der Waals surface area contributed by atoms with Crippen LogP contribution in [0.2, 0.25) is 0 Å². The second-order valence-corrected chi connectivity index (χ2v) is 2.38. The van der Waals surface area contributed by atoms with Crippen LogP contribution in [0.15, 0.2) is 0 Å². The van der Waals surface area contributed by atoms with Gasteiger partial charge in [0.2, 0.25) is 0 Å². The number of nitrogens with one attached hydrogen (secondary N) is 1. The molecule has 0 aliphatic heterocycles. The highest BCUT2D eigenvalue weighted by Gasteiger charge is 2.03. The van der Waals surface area contributed by atoms with Crippen molar-refractivity contribution in [3.8, 4) is 0 Å². The molecule has 1 radical (unpaired) electrons. The van der Waals surface area contributed by atoms with Crippen molar-refractivity contribution in [2.45, 2.75) is 26.8 Å². The smallest absolute Gasteiger partial charge is 0.133 e. The summed E-state index contributed by atoms with van der Waals surface area (Å²) in [6, 6.07) is 0.354. The first-order chi connectivity index (χ1) is 3.68. The van der Waals surface area contributed by atoms with Gasteiger partial charge >= 0.3 is 0 Å². The molecule has 1 atom stereocenters. The monoisotopic (exact) mass is 116 g/mol. The molecule has 0 saturated heterocycles. The van der Waals surface area contributed by atoms with Crippen LogP contribution in [0.3, 0.4) is 0 Å². The second kappa shape index (κ2) is 3.87. The SMILES string of the molecule is CC(C)C(C)NC[O]. The van der Waals surface area contributed by atoms with Gasteiger partial charge in [-0.25, -0.2) is 5.11 Å². The van der Waals surface area contributed by atoms with E-state index in [0.717, 1.165) is 0 Å². The third kappa shape index (κ3) is 2.99. The second-order valence-electron chi connectivity index (χ2n) is 2.38. The third-order valence-electron chi connectivity index (χ3n) is 1.41. The Hall–Kier alpha value is -0.0800. The van der Waals surface area contributed by atoms with Crippen LogP contribution in [0.25, 0.3) is 0 Å². The Morgan fingerprint density at radius 2 is 1.88 bits per heavy atom. The van der Waals surface area contributed by atoms with Gasteiger partial charge < -0.3 is 0 Å². The molecule has 2 heteroatoms. The zero-order valence-corrected chi connectivity index (χ0v) is 5.77. The average Bonchev–Trinajstić information content (AvgIpc) is 1.67. The highest BCUT2D eigenvalue weighted by Crippen LogP contribution is 1.97. The Morgan fingerprint density at radius 3 is 2.00 bits per heavy atom. The van der Waals surface area contributed by atoms with Crippen LogP contribution < -0.4 is 5.32 Å². The average molecular weight is 116 g/mol. The molecule has 0 saturated carbocycles. The van der Waals surface area contributed by atoms with Crippen LogP contribution in [-0.2, 0) is 5.11 Å². The molecular formula is C6H14NO. The predicted octanol–water partition coefficient (Wildman–Crippen LogP) is 1.01. The lowest BCUT2D eigenvalue weighted by atomic mass is 10.1. The minimum Gasteiger partial charge on any atom is -0.289 e. The molecule has 2 nitrogen and oxygen atoms in total. The van der Waals surface area contributed by atoms with E-state index in [-0.39, 0.29) is 6.73 Å². The van der Waals surface area contributed by atoms with Crippen molar-refractivity contribution in [1.82, 2.24) is 5.32 Å². The fourth-order valence-electron chi connectivity index (χ4n) is 0.367. The summed E-state index contributed by atoms with van der Waals surface area (Å²) >= 11 is 0. The number of hydrogen-bond donors (Lipinski definition) is 1. The van der Waals surface area contributed by atoms with Crippen molar-refractivity contribution < 1.29 is 5.11 Å². The van der Waals surface area contributed by atoms with Crippen molar-refractivity contribution in [3.05, 3.63) is 0 Å². The Bertz CT molecular complexity index is 54.5. The van der Waals surface area contributed by atoms with E-state index in [1.54, 1.807) is 0 Å². The molecule has 8 heavy (non-hydrogen) atoms. The van der Waals surface area contributed by atoms with E-state index in [4.69, 9.17) is 0 Å². The van der Waals surface area contributed by atoms with Crippen molar-refractivity contribution in [2.75, 3.05) is 6.73 Å². The zero-order chi connectivity index (χ0) is 6.57. The molecule has 1 N–H and O–H groups in total. The van der Waals surface area contributed by atoms with Gasteiger partial charge in [0.25, 0.3) is 0 Å². The summed E-state index contributed by atoms with van der Waals surface area (Å²) < 4.78 is 0. The maximum Gasteiger partial charge on any atom is 0.133 e. The van der Waals surface area contributed by atoms with E-state index in [1.807, 2.05) is 6.92 Å². The first-order valence-corrected chi connectivity index (χ1v) is 3.00. The molecule has 49 valence electrons. The van der Waals surface area contributed by atoms with E-state index in [0.29, 0.717) is 12.0 Å². The van der Waals surface area contributed by atoms with Crippen LogP contribution in [0.5, 0.6) is 0 Å². The van der Waals surface area contributed by atoms with Gasteiger partial charge in [-0.05, 0) is 12.8 Å². The molecule has 0 rings (SSSR count). The fourth-order valence-corrected chi connectivity index (χ4v) is 0.367. The first-order valence-electron chi connectivity index (χ1n) is 3.00. The molecule has 0 amide bonds. The summed E-state index contributed by atoms with van der Waals surface area (Å²) in [5.74, 6) is 0.559. The van der Waals surface area contributed by atoms with Gasteiger partial charge in [-0.2, -0.15) is 0 Å². The van der Waals surface area contributed by atoms with Gasteiger partial charge in [0.05, 0.1) is 0 Å². The Morgan fingerprint density at radius 1 is 1.38 bits per heavy atom. The zero-order valence-electron chi connectivity index (χ0n) is 5.77. The van der Waals surface area contributed by atoms with Crippen molar-refractivity contribution in [1.29, 1.82) is 0 Å². The summed E-state index contributed by atoms with van der Waals surface area (Å²) in [5.41, 5.74) is 0. The van der Waals surface area contributed by atoms with Crippen LogP contribution >= 0.6 is 0 Å². The quantitative estimate of drug-likeness (QED) is 0.548. The minimum absolute atomic E-state index is 0.167. The van der Waals surface area contributed by atoms with Crippen LogP contribution in [-0.4, -0.2) is 12.8 Å². The van der Waals surface area contributed by atoms with E-state index in [9.17, 15) is 5.11 Å². The van der Waals surface area contributed by atoms with Crippen LogP contribution in [0.1, 0.15) is 20.8 Å². The topological polar surface area (TPSA) is 31.9 Å². The Balaban J connectivity index is 3.17. The third-order valence-corrected chi connectivity index (χ3v) is 1.41. The van der Waals surface area contributed by atoms with E-state index in [1.165, 1.54) is 0 Å². The molecular weight excluding hydrogens is 102 g/mol. The molecule has 1 unspecified atom stereocenters. The molecule has 0 spiro atoms. The van der Waals surface area contributed by atoms with E-state index in [2.05, 4.69) is 19.2 Å². The molecule has 0 aromatic rings. The lowest BCUT2D eigenvalue weighted by Crippen LogP contribution is -2.30. The molecule has 0 aromatic heterocycles. The van der Waals surface area contributed by atoms with E-state index < -0.39 is 0 Å². The van der Waals surface area contributed by atoms with Crippen molar-refractivity contribution in [3.63, 3.8) is 0 Å². The molecule has 0 fully saturated rings. The maximum atomic E-state index is 9.93. The summed E-state index contributed by atoms with van der Waals surface area (Å²) in [4.78, 5) is 0. The first kappa shape index (κ1) is 7.92. The number of hydrogen-bond acceptors (Lipinski definition) is 1. The molecule has 0 aliphatic carbocycles. The fraction of sp³-hybridized carbons (Fsp3) is 1.00. The summed E-state index contributed by atoms with van der Waals surface area (Å²) in [6.45, 7) is 6.03. The molecule has 0 heterocycles. The molecule has 0 bridgehead atoms. The predicted molar refractivity (Wildman–Crippen MR) is 33.0 cm³/mol. The minimum atomic E-state index is -0.167. The van der Waals surface area contributed by atoms with Crippen molar-refractivity contribution >= 4 is 0 Å². The Kier molecular flexibility index (Phi) is 3.83. The standard InChI is InChI=1S/C6H14NO/c1-5(2)6(3)7-4-8/h5-7H,4H2,1-3H3. The summed E-state index contributed by atoms with van der Waals surface area (Å²) in [7, 11) is 0. The highest BCUT2D eigenvalue weighted by atomic mass is 16.3. The lowest BCUT2D eigenvalue weighted by Gasteiger charge is -2.13. The van der Waals surface area contributed by atoms with Crippen LogP contribution in [0.4, 0.5) is 0 Å². The Labute approximate surface area is 50.9 Å². The van der Waals surface area contributed by atoms with Gasteiger partial charge in [-0.1, -0.05) is 13.8 Å². The lowest BCUT2D eigenvalue weighted by molar-refractivity contribution is 0.149.